The van der Waals surface area contributed by atoms with E-state index < -0.39 is 6.10 Å². The van der Waals surface area contributed by atoms with Crippen LogP contribution in [0.15, 0.2) is 48.5 Å². The quantitative estimate of drug-likeness (QED) is 0.842. The van der Waals surface area contributed by atoms with Crippen LogP contribution in [0, 0.1) is 5.92 Å². The molecule has 0 saturated carbocycles. The third-order valence-electron chi connectivity index (χ3n) is 5.88. The van der Waals surface area contributed by atoms with E-state index in [1.54, 1.807) is 11.8 Å². The molecule has 2 atom stereocenters. The Morgan fingerprint density at radius 2 is 1.86 bits per heavy atom. The van der Waals surface area contributed by atoms with E-state index in [1.165, 1.54) is 17.5 Å². The summed E-state index contributed by atoms with van der Waals surface area (Å²) in [5.74, 6) is 0.477. The van der Waals surface area contributed by atoms with Gasteiger partial charge >= 0.3 is 0 Å². The molecule has 1 aliphatic heterocycles. The van der Waals surface area contributed by atoms with Gasteiger partial charge in [0.15, 0.2) is 6.10 Å². The lowest BCUT2D eigenvalue weighted by atomic mass is 9.96. The number of para-hydroxylation sites is 1. The molecule has 1 heterocycles. The maximum atomic E-state index is 12.9. The van der Waals surface area contributed by atoms with Crippen molar-refractivity contribution in [1.82, 2.24) is 4.90 Å². The lowest BCUT2D eigenvalue weighted by Crippen LogP contribution is -2.48. The second-order valence-corrected chi connectivity index (χ2v) is 8.02. The zero-order chi connectivity index (χ0) is 20.2. The number of piperidine rings is 1. The minimum Gasteiger partial charge on any atom is -0.481 e. The van der Waals surface area contributed by atoms with Gasteiger partial charge in [0.25, 0.3) is 5.91 Å². The van der Waals surface area contributed by atoms with E-state index in [0.717, 1.165) is 37.1 Å². The number of aryl methyl sites for hydroxylation is 2. The van der Waals surface area contributed by atoms with Crippen molar-refractivity contribution in [2.24, 2.45) is 5.92 Å². The maximum absolute atomic E-state index is 12.9. The number of carbonyl (C=O) groups excluding carboxylic acids is 2. The molecule has 0 spiro atoms. The van der Waals surface area contributed by atoms with Crippen LogP contribution in [0.3, 0.4) is 0 Å². The van der Waals surface area contributed by atoms with Crippen LogP contribution in [-0.4, -0.2) is 35.9 Å². The molecule has 0 unspecified atom stereocenters. The summed E-state index contributed by atoms with van der Waals surface area (Å²) in [4.78, 5) is 27.3. The van der Waals surface area contributed by atoms with Crippen LogP contribution >= 0.6 is 0 Å². The summed E-state index contributed by atoms with van der Waals surface area (Å²) in [5.41, 5.74) is 3.51. The van der Waals surface area contributed by atoms with E-state index in [-0.39, 0.29) is 17.7 Å². The molecule has 1 fully saturated rings. The molecule has 5 nitrogen and oxygen atoms in total. The highest BCUT2D eigenvalue weighted by atomic mass is 16.5. The van der Waals surface area contributed by atoms with Gasteiger partial charge in [0, 0.05) is 18.8 Å². The fourth-order valence-corrected chi connectivity index (χ4v) is 4.29. The van der Waals surface area contributed by atoms with Crippen LogP contribution in [0.2, 0.25) is 0 Å². The lowest BCUT2D eigenvalue weighted by Gasteiger charge is -2.33. The van der Waals surface area contributed by atoms with E-state index >= 15 is 0 Å². The number of anilines is 1. The highest BCUT2D eigenvalue weighted by Crippen LogP contribution is 2.27. The summed E-state index contributed by atoms with van der Waals surface area (Å²) in [6, 6.07) is 15.6. The molecule has 1 aliphatic carbocycles. The van der Waals surface area contributed by atoms with Crippen molar-refractivity contribution in [1.29, 1.82) is 0 Å². The first kappa shape index (κ1) is 19.5. The fraction of sp³-hybridized carbons (Fsp3) is 0.417. The van der Waals surface area contributed by atoms with Gasteiger partial charge in [-0.25, -0.2) is 0 Å². The van der Waals surface area contributed by atoms with Gasteiger partial charge in [0.2, 0.25) is 5.91 Å². The topological polar surface area (TPSA) is 58.6 Å². The average Bonchev–Trinajstić information content (AvgIpc) is 3.22. The zero-order valence-electron chi connectivity index (χ0n) is 16.9. The molecule has 2 aromatic rings. The normalized spacial score (nSPS) is 19.3. The Balaban J connectivity index is 1.34. The van der Waals surface area contributed by atoms with E-state index in [0.29, 0.717) is 13.1 Å². The summed E-state index contributed by atoms with van der Waals surface area (Å²) in [6.45, 7) is 2.91. The summed E-state index contributed by atoms with van der Waals surface area (Å²) >= 11 is 0. The molecule has 2 aliphatic rings. The Labute approximate surface area is 172 Å². The summed E-state index contributed by atoms with van der Waals surface area (Å²) in [5, 5.41) is 2.96. The van der Waals surface area contributed by atoms with E-state index in [1.807, 2.05) is 36.4 Å². The smallest absolute Gasteiger partial charge is 0.263 e. The number of hydrogen-bond donors (Lipinski definition) is 1. The van der Waals surface area contributed by atoms with E-state index in [4.69, 9.17) is 4.74 Å². The summed E-state index contributed by atoms with van der Waals surface area (Å²) < 4.78 is 5.95. The molecular weight excluding hydrogens is 364 g/mol. The van der Waals surface area contributed by atoms with Gasteiger partial charge in [0.1, 0.15) is 5.75 Å². The van der Waals surface area contributed by atoms with Crippen LogP contribution in [0.5, 0.6) is 5.75 Å². The third kappa shape index (κ3) is 4.61. The Morgan fingerprint density at radius 1 is 1.07 bits per heavy atom. The number of amides is 2. The first-order valence-corrected chi connectivity index (χ1v) is 10.5. The predicted octanol–water partition coefficient (Wildman–Crippen LogP) is 3.82. The number of nitrogens with one attached hydrogen (secondary N) is 1. The van der Waals surface area contributed by atoms with Gasteiger partial charge in [-0.15, -0.1) is 0 Å². The molecule has 5 heteroatoms. The summed E-state index contributed by atoms with van der Waals surface area (Å²) in [6.07, 6.45) is 4.45. The van der Waals surface area contributed by atoms with Gasteiger partial charge in [-0.1, -0.05) is 24.3 Å². The fourth-order valence-electron chi connectivity index (χ4n) is 4.29. The zero-order valence-corrected chi connectivity index (χ0v) is 16.9. The SMILES string of the molecule is C[C@H](Oc1ccc2c(c1)CCC2)C(=O)N1CCC[C@@H](C(=O)Nc2ccccc2)C1. The second kappa shape index (κ2) is 8.68. The van der Waals surface area contributed by atoms with Crippen molar-refractivity contribution in [3.05, 3.63) is 59.7 Å². The minimum absolute atomic E-state index is 0.0270. The van der Waals surface area contributed by atoms with Crippen molar-refractivity contribution in [3.63, 3.8) is 0 Å². The number of benzene rings is 2. The highest BCUT2D eigenvalue weighted by molar-refractivity contribution is 5.93. The molecule has 0 radical (unpaired) electrons. The second-order valence-electron chi connectivity index (χ2n) is 8.02. The molecule has 2 amide bonds. The number of hydrogen-bond acceptors (Lipinski definition) is 3. The average molecular weight is 392 g/mol. The molecule has 4 rings (SSSR count). The standard InChI is InChI=1S/C24H28N2O3/c1-17(29-22-13-12-18-7-5-8-19(18)15-22)24(28)26-14-6-9-20(16-26)23(27)25-21-10-3-2-4-11-21/h2-4,10-13,15,17,20H,5-9,14,16H2,1H3,(H,25,27)/t17-,20+/m0/s1. The van der Waals surface area contributed by atoms with Crippen LogP contribution in [0.1, 0.15) is 37.3 Å². The van der Waals surface area contributed by atoms with Crippen LogP contribution in [0.4, 0.5) is 5.69 Å². The Morgan fingerprint density at radius 3 is 2.69 bits per heavy atom. The number of likely N-dealkylation sites (tertiary alicyclic amines) is 1. The molecule has 0 aromatic heterocycles. The Hall–Kier alpha value is -2.82. The van der Waals surface area contributed by atoms with Crippen LogP contribution in [-0.2, 0) is 22.4 Å². The van der Waals surface area contributed by atoms with Crippen molar-refractivity contribution in [2.75, 3.05) is 18.4 Å². The minimum atomic E-state index is -0.564. The number of rotatable bonds is 5. The van der Waals surface area contributed by atoms with Crippen molar-refractivity contribution in [2.45, 2.75) is 45.1 Å². The lowest BCUT2D eigenvalue weighted by molar-refractivity contribution is -0.140. The van der Waals surface area contributed by atoms with Gasteiger partial charge in [-0.3, -0.25) is 9.59 Å². The Bertz CT molecular complexity index is 881. The Kier molecular flexibility index (Phi) is 5.84. The predicted molar refractivity (Wildman–Crippen MR) is 113 cm³/mol. The molecular formula is C24H28N2O3. The summed E-state index contributed by atoms with van der Waals surface area (Å²) in [7, 11) is 0. The molecule has 152 valence electrons. The number of fused-ring (bicyclic) bond motifs is 1. The van der Waals surface area contributed by atoms with E-state index in [9.17, 15) is 9.59 Å². The number of nitrogens with zero attached hydrogens (tertiary/aromatic N) is 1. The number of ether oxygens (including phenoxy) is 1. The first-order chi connectivity index (χ1) is 14.1. The van der Waals surface area contributed by atoms with Gasteiger partial charge in [-0.05, 0) is 74.4 Å². The monoisotopic (exact) mass is 392 g/mol. The van der Waals surface area contributed by atoms with Crippen LogP contribution < -0.4 is 10.1 Å². The van der Waals surface area contributed by atoms with Gasteiger partial charge in [-0.2, -0.15) is 0 Å². The largest absolute Gasteiger partial charge is 0.481 e. The molecule has 0 bridgehead atoms. The maximum Gasteiger partial charge on any atom is 0.263 e. The molecule has 1 N–H and O–H groups in total. The van der Waals surface area contributed by atoms with Gasteiger partial charge < -0.3 is 15.0 Å². The molecule has 29 heavy (non-hydrogen) atoms. The van der Waals surface area contributed by atoms with Crippen molar-refractivity contribution < 1.29 is 14.3 Å². The van der Waals surface area contributed by atoms with Crippen LogP contribution in [0.25, 0.3) is 0 Å². The van der Waals surface area contributed by atoms with E-state index in [2.05, 4.69) is 17.4 Å². The van der Waals surface area contributed by atoms with Crippen molar-refractivity contribution in [3.8, 4) is 5.75 Å². The molecule has 2 aromatic carbocycles. The van der Waals surface area contributed by atoms with Gasteiger partial charge in [0.05, 0.1) is 5.92 Å². The highest BCUT2D eigenvalue weighted by Gasteiger charge is 2.31. The number of carbonyl (C=O) groups is 2. The molecule has 1 saturated heterocycles. The van der Waals surface area contributed by atoms with Crippen molar-refractivity contribution >= 4 is 17.5 Å². The first-order valence-electron chi connectivity index (χ1n) is 10.5. The third-order valence-corrected chi connectivity index (χ3v) is 5.88.